The summed E-state index contributed by atoms with van der Waals surface area (Å²) in [7, 11) is -2.82. The van der Waals surface area contributed by atoms with Gasteiger partial charge in [0.2, 0.25) is 8.32 Å². The van der Waals surface area contributed by atoms with Gasteiger partial charge >= 0.3 is 0 Å². The first-order valence-electron chi connectivity index (χ1n) is 12.0. The summed E-state index contributed by atoms with van der Waals surface area (Å²) in [6.07, 6.45) is -2.17. The van der Waals surface area contributed by atoms with Crippen LogP contribution >= 0.6 is 0 Å². The molecule has 2 unspecified atom stereocenters. The third-order valence-corrected chi connectivity index (χ3v) is 18.7. The molecule has 1 aliphatic rings. The lowest BCUT2D eigenvalue weighted by atomic mass is 9.95. The molecule has 0 heterocycles. The Bertz CT molecular complexity index is 575. The lowest BCUT2D eigenvalue weighted by molar-refractivity contribution is -0.142. The Morgan fingerprint density at radius 3 is 1.77 bits per heavy atom. The van der Waals surface area contributed by atoms with Crippen LogP contribution in [0, 0.1) is 5.92 Å². The summed E-state index contributed by atoms with van der Waals surface area (Å²) >= 11 is 0. The van der Waals surface area contributed by atoms with Crippen molar-refractivity contribution in [3.8, 4) is 0 Å². The highest BCUT2D eigenvalue weighted by atomic mass is 28.4. The number of aliphatic hydroxyl groups is 1. The molecule has 0 saturated heterocycles. The molecule has 0 bridgehead atoms. The number of aliphatic hydroxyl groups excluding tert-OH is 1. The number of hydrogen-bond donors (Lipinski definition) is 1. The van der Waals surface area contributed by atoms with Crippen LogP contribution in [-0.2, 0) is 18.4 Å². The molecule has 0 radical (unpaired) electrons. The van der Waals surface area contributed by atoms with Crippen LogP contribution in [0.2, 0.25) is 34.8 Å². The number of hydrogen-bond acceptors (Lipinski definition) is 5. The summed E-state index contributed by atoms with van der Waals surface area (Å²) in [5.41, 5.74) is 1.30. The minimum absolute atomic E-state index is 0.0283. The molecule has 1 saturated carbocycles. The SMILES string of the molecule is CO[C@@H]1[C@H](C)C(O[Si](C(C)C)(C(C)C)C(C)C)CC(O[Si](C)(C)C(C)(C)C)C(=O)[C@@H]1O. The van der Waals surface area contributed by atoms with E-state index < -0.39 is 34.9 Å². The normalized spacial score (nSPS) is 29.2. The summed E-state index contributed by atoms with van der Waals surface area (Å²) in [5, 5.41) is 10.9. The van der Waals surface area contributed by atoms with Crippen molar-refractivity contribution in [3.63, 3.8) is 0 Å². The summed E-state index contributed by atoms with van der Waals surface area (Å²) in [6, 6.07) is 0. The van der Waals surface area contributed by atoms with Gasteiger partial charge in [-0.2, -0.15) is 0 Å². The first-order valence-corrected chi connectivity index (χ1v) is 17.1. The molecule has 31 heavy (non-hydrogen) atoms. The number of rotatable bonds is 8. The lowest BCUT2D eigenvalue weighted by Gasteiger charge is -2.46. The molecule has 5 nitrogen and oxygen atoms in total. The van der Waals surface area contributed by atoms with Gasteiger partial charge in [-0.1, -0.05) is 69.2 Å². The van der Waals surface area contributed by atoms with Crippen LogP contribution in [0.5, 0.6) is 0 Å². The Labute approximate surface area is 193 Å². The van der Waals surface area contributed by atoms with Crippen LogP contribution in [0.4, 0.5) is 0 Å². The number of Topliss-reactive ketones (excluding diaryl/α,β-unsaturated/α-hetero) is 1. The smallest absolute Gasteiger partial charge is 0.200 e. The highest BCUT2D eigenvalue weighted by Crippen LogP contribution is 2.46. The van der Waals surface area contributed by atoms with Gasteiger partial charge in [0.05, 0.1) is 12.2 Å². The van der Waals surface area contributed by atoms with Crippen molar-refractivity contribution < 1.29 is 23.5 Å². The van der Waals surface area contributed by atoms with Crippen molar-refractivity contribution in [2.24, 2.45) is 5.92 Å². The van der Waals surface area contributed by atoms with Crippen molar-refractivity contribution in [1.29, 1.82) is 0 Å². The van der Waals surface area contributed by atoms with Crippen molar-refractivity contribution >= 4 is 22.4 Å². The van der Waals surface area contributed by atoms with Gasteiger partial charge in [-0.15, -0.1) is 0 Å². The zero-order valence-electron chi connectivity index (χ0n) is 22.4. The fraction of sp³-hybridized carbons (Fsp3) is 0.958. The average Bonchev–Trinajstić information content (AvgIpc) is 2.68. The van der Waals surface area contributed by atoms with E-state index in [-0.39, 0.29) is 22.8 Å². The van der Waals surface area contributed by atoms with Gasteiger partial charge in [-0.25, -0.2) is 0 Å². The van der Waals surface area contributed by atoms with Crippen molar-refractivity contribution in [3.05, 3.63) is 0 Å². The van der Waals surface area contributed by atoms with Gasteiger partial charge in [-0.3, -0.25) is 4.79 Å². The third kappa shape index (κ3) is 5.90. The fourth-order valence-electron chi connectivity index (χ4n) is 5.20. The molecule has 1 aliphatic carbocycles. The fourth-order valence-corrected chi connectivity index (χ4v) is 12.1. The molecule has 0 spiro atoms. The zero-order valence-corrected chi connectivity index (χ0v) is 24.4. The average molecular weight is 475 g/mol. The molecule has 7 heteroatoms. The van der Waals surface area contributed by atoms with Crippen molar-refractivity contribution in [1.82, 2.24) is 0 Å². The predicted molar refractivity (Wildman–Crippen MR) is 134 cm³/mol. The molecule has 5 atom stereocenters. The predicted octanol–water partition coefficient (Wildman–Crippen LogP) is 5.92. The molecule has 1 rings (SSSR count). The Balaban J connectivity index is 3.44. The van der Waals surface area contributed by atoms with Gasteiger partial charge in [0.1, 0.15) is 12.2 Å². The van der Waals surface area contributed by atoms with Crippen LogP contribution in [0.25, 0.3) is 0 Å². The largest absolute Gasteiger partial charge is 0.413 e. The monoisotopic (exact) mass is 474 g/mol. The molecular formula is C24H50O5Si2. The molecule has 0 amide bonds. The molecule has 0 aromatic rings. The van der Waals surface area contributed by atoms with E-state index in [1.165, 1.54) is 0 Å². The van der Waals surface area contributed by atoms with Crippen LogP contribution in [0.15, 0.2) is 0 Å². The van der Waals surface area contributed by atoms with Gasteiger partial charge < -0.3 is 18.7 Å². The number of methoxy groups -OCH3 is 1. The maximum absolute atomic E-state index is 13.3. The maximum atomic E-state index is 13.3. The summed E-state index contributed by atoms with van der Waals surface area (Å²) < 4.78 is 19.4. The number of carbonyl (C=O) groups excluding carboxylic acids is 1. The third-order valence-electron chi connectivity index (χ3n) is 8.05. The molecule has 1 fully saturated rings. The Morgan fingerprint density at radius 2 is 1.42 bits per heavy atom. The standard InChI is InChI=1S/C24H50O5Si2/c1-15(2)31(16(3)4,17(5)6)29-19-14-20(28-30(12,13)24(8,9)10)21(25)22(26)23(27-11)18(19)7/h15-20,22-23,26H,14H2,1-13H3/t18-,19?,20?,22+,23-/m1/s1. The first kappa shape index (κ1) is 29.0. The van der Waals surface area contributed by atoms with Gasteiger partial charge in [0.25, 0.3) is 0 Å². The molecule has 0 aliphatic heterocycles. The topological polar surface area (TPSA) is 65.0 Å². The van der Waals surface area contributed by atoms with E-state index in [9.17, 15) is 9.90 Å². The molecule has 1 N–H and O–H groups in total. The minimum Gasteiger partial charge on any atom is -0.413 e. The second-order valence-electron chi connectivity index (χ2n) is 12.0. The van der Waals surface area contributed by atoms with Crippen molar-refractivity contribution in [2.75, 3.05) is 7.11 Å². The number of carbonyl (C=O) groups is 1. The Hall–Kier alpha value is -0.0562. The van der Waals surface area contributed by atoms with Crippen LogP contribution < -0.4 is 0 Å². The van der Waals surface area contributed by atoms with E-state index >= 15 is 0 Å². The minimum atomic E-state index is -2.21. The molecule has 0 aromatic heterocycles. The van der Waals surface area contributed by atoms with Crippen molar-refractivity contribution in [2.45, 2.75) is 135 Å². The number of ether oxygens (including phenoxy) is 1. The molecular weight excluding hydrogens is 424 g/mol. The van der Waals surface area contributed by atoms with Crippen LogP contribution in [0.3, 0.4) is 0 Å². The van der Waals surface area contributed by atoms with E-state index in [0.29, 0.717) is 23.0 Å². The number of ketones is 1. The summed E-state index contributed by atoms with van der Waals surface area (Å²) in [6.45, 7) is 26.5. The molecule has 184 valence electrons. The van der Waals surface area contributed by atoms with Gasteiger partial charge in [0.15, 0.2) is 14.1 Å². The van der Waals surface area contributed by atoms with Gasteiger partial charge in [0, 0.05) is 19.4 Å². The van der Waals surface area contributed by atoms with E-state index in [1.54, 1.807) is 7.11 Å². The van der Waals surface area contributed by atoms with E-state index in [4.69, 9.17) is 13.6 Å². The first-order chi connectivity index (χ1) is 13.9. The quantitative estimate of drug-likeness (QED) is 0.349. The maximum Gasteiger partial charge on any atom is 0.200 e. The van der Waals surface area contributed by atoms with Crippen LogP contribution in [0.1, 0.15) is 75.7 Å². The van der Waals surface area contributed by atoms with Gasteiger partial charge in [-0.05, 0) is 34.8 Å². The lowest BCUT2D eigenvalue weighted by Crippen LogP contribution is -2.53. The highest BCUT2D eigenvalue weighted by molar-refractivity contribution is 6.77. The van der Waals surface area contributed by atoms with Crippen LogP contribution in [-0.4, -0.2) is 59.1 Å². The highest BCUT2D eigenvalue weighted by Gasteiger charge is 2.52. The summed E-state index contributed by atoms with van der Waals surface area (Å²) in [4.78, 5) is 13.3. The Morgan fingerprint density at radius 1 is 0.968 bits per heavy atom. The second-order valence-corrected chi connectivity index (χ2v) is 22.1. The van der Waals surface area contributed by atoms with E-state index in [2.05, 4.69) is 75.4 Å². The second kappa shape index (κ2) is 10.5. The molecule has 0 aromatic carbocycles. The van der Waals surface area contributed by atoms with E-state index in [0.717, 1.165) is 0 Å². The summed E-state index contributed by atoms with van der Waals surface area (Å²) in [5.74, 6) is -0.374. The Kier molecular flexibility index (Phi) is 9.79. The van der Waals surface area contributed by atoms with E-state index in [1.807, 2.05) is 6.92 Å². The zero-order chi connectivity index (χ0) is 24.5.